The van der Waals surface area contributed by atoms with Crippen LogP contribution in [0.4, 0.5) is 5.69 Å². The molecule has 0 spiro atoms. The van der Waals surface area contributed by atoms with Crippen LogP contribution in [0.5, 0.6) is 0 Å². The van der Waals surface area contributed by atoms with Gasteiger partial charge in [0, 0.05) is 11.7 Å². The summed E-state index contributed by atoms with van der Waals surface area (Å²) in [6.07, 6.45) is 1.90. The molecule has 88 valence electrons. The molecule has 2 nitrogen and oxygen atoms in total. The third kappa shape index (κ3) is 3.08. The van der Waals surface area contributed by atoms with Crippen LogP contribution in [0, 0.1) is 0 Å². The molecule has 0 saturated heterocycles. The minimum Gasteiger partial charge on any atom is -0.398 e. The van der Waals surface area contributed by atoms with Crippen LogP contribution in [0.25, 0.3) is 0 Å². The van der Waals surface area contributed by atoms with Crippen molar-refractivity contribution in [2.75, 3.05) is 5.73 Å². The number of para-hydroxylation sites is 1. The minimum atomic E-state index is 0.0106. The van der Waals surface area contributed by atoms with Gasteiger partial charge in [-0.25, -0.2) is 0 Å². The van der Waals surface area contributed by atoms with E-state index in [-0.39, 0.29) is 6.04 Å². The minimum absolute atomic E-state index is 0.0106. The Kier molecular flexibility index (Phi) is 3.78. The maximum atomic E-state index is 6.16. The van der Waals surface area contributed by atoms with E-state index in [0.29, 0.717) is 0 Å². The van der Waals surface area contributed by atoms with Gasteiger partial charge in [-0.3, -0.25) is 0 Å². The number of aryl methyl sites for hydroxylation is 1. The Morgan fingerprint density at radius 1 is 0.882 bits per heavy atom. The van der Waals surface area contributed by atoms with Crippen molar-refractivity contribution in [2.45, 2.75) is 18.9 Å². The molecule has 4 N–H and O–H groups in total. The van der Waals surface area contributed by atoms with E-state index in [1.165, 1.54) is 5.56 Å². The van der Waals surface area contributed by atoms with Gasteiger partial charge in [0.15, 0.2) is 0 Å². The fourth-order valence-electron chi connectivity index (χ4n) is 1.97. The van der Waals surface area contributed by atoms with E-state index in [2.05, 4.69) is 24.3 Å². The Labute approximate surface area is 102 Å². The molecule has 0 heterocycles. The highest BCUT2D eigenvalue weighted by atomic mass is 14.7. The summed E-state index contributed by atoms with van der Waals surface area (Å²) in [6, 6.07) is 18.2. The third-order valence-electron chi connectivity index (χ3n) is 2.98. The van der Waals surface area contributed by atoms with Gasteiger partial charge in [0.05, 0.1) is 0 Å². The highest BCUT2D eigenvalue weighted by Crippen LogP contribution is 2.21. The zero-order chi connectivity index (χ0) is 12.1. The number of nitrogens with two attached hydrogens (primary N) is 2. The van der Waals surface area contributed by atoms with Crippen molar-refractivity contribution < 1.29 is 0 Å². The molecular weight excluding hydrogens is 208 g/mol. The highest BCUT2D eigenvalue weighted by Gasteiger charge is 2.08. The first kappa shape index (κ1) is 11.7. The first-order valence-electron chi connectivity index (χ1n) is 5.91. The van der Waals surface area contributed by atoms with Gasteiger partial charge < -0.3 is 11.5 Å². The number of hydrogen-bond donors (Lipinski definition) is 2. The van der Waals surface area contributed by atoms with Gasteiger partial charge in [-0.2, -0.15) is 0 Å². The molecule has 1 atom stereocenters. The predicted octanol–water partition coefficient (Wildman–Crippen LogP) is 2.90. The van der Waals surface area contributed by atoms with Gasteiger partial charge in [-0.1, -0.05) is 48.5 Å². The van der Waals surface area contributed by atoms with E-state index < -0.39 is 0 Å². The Morgan fingerprint density at radius 3 is 2.24 bits per heavy atom. The molecular formula is C15H18N2. The molecule has 2 aromatic carbocycles. The van der Waals surface area contributed by atoms with Crippen molar-refractivity contribution in [1.29, 1.82) is 0 Å². The van der Waals surface area contributed by atoms with Crippen LogP contribution in [-0.2, 0) is 6.42 Å². The summed E-state index contributed by atoms with van der Waals surface area (Å²) in [5.41, 5.74) is 15.2. The summed E-state index contributed by atoms with van der Waals surface area (Å²) >= 11 is 0. The normalized spacial score (nSPS) is 12.3. The van der Waals surface area contributed by atoms with Gasteiger partial charge in [-0.05, 0) is 30.0 Å². The molecule has 2 heteroatoms. The van der Waals surface area contributed by atoms with E-state index in [9.17, 15) is 0 Å². The van der Waals surface area contributed by atoms with Crippen LogP contribution in [0.2, 0.25) is 0 Å². The Bertz CT molecular complexity index is 465. The fraction of sp³-hybridized carbons (Fsp3) is 0.200. The van der Waals surface area contributed by atoms with Crippen LogP contribution < -0.4 is 11.5 Å². The highest BCUT2D eigenvalue weighted by molar-refractivity contribution is 5.48. The van der Waals surface area contributed by atoms with Crippen molar-refractivity contribution >= 4 is 5.69 Å². The van der Waals surface area contributed by atoms with Gasteiger partial charge in [0.2, 0.25) is 0 Å². The lowest BCUT2D eigenvalue weighted by molar-refractivity contribution is 0.653. The second-order valence-electron chi connectivity index (χ2n) is 4.26. The first-order chi connectivity index (χ1) is 8.27. The van der Waals surface area contributed by atoms with Gasteiger partial charge in [0.1, 0.15) is 0 Å². The topological polar surface area (TPSA) is 52.0 Å². The number of anilines is 1. The SMILES string of the molecule is Nc1ccccc1[C@H](N)CCc1ccccc1. The largest absolute Gasteiger partial charge is 0.398 e. The number of rotatable bonds is 4. The van der Waals surface area contributed by atoms with Crippen LogP contribution in [-0.4, -0.2) is 0 Å². The zero-order valence-electron chi connectivity index (χ0n) is 9.84. The Balaban J connectivity index is 1.99. The molecule has 0 amide bonds. The van der Waals surface area contributed by atoms with E-state index in [1.54, 1.807) is 0 Å². The maximum Gasteiger partial charge on any atom is 0.0362 e. The number of hydrogen-bond acceptors (Lipinski definition) is 2. The van der Waals surface area contributed by atoms with Crippen LogP contribution in [0.3, 0.4) is 0 Å². The summed E-state index contributed by atoms with van der Waals surface area (Å²) < 4.78 is 0. The molecule has 2 aromatic rings. The summed E-state index contributed by atoms with van der Waals surface area (Å²) in [7, 11) is 0. The van der Waals surface area contributed by atoms with E-state index in [0.717, 1.165) is 24.1 Å². The molecule has 0 aliphatic heterocycles. The van der Waals surface area contributed by atoms with E-state index in [4.69, 9.17) is 11.5 Å². The van der Waals surface area contributed by atoms with E-state index >= 15 is 0 Å². The monoisotopic (exact) mass is 226 g/mol. The molecule has 0 saturated carbocycles. The number of nitrogen functional groups attached to an aromatic ring is 1. The van der Waals surface area contributed by atoms with Crippen molar-refractivity contribution in [3.8, 4) is 0 Å². The molecule has 0 aromatic heterocycles. The number of benzene rings is 2. The lowest BCUT2D eigenvalue weighted by atomic mass is 9.98. The van der Waals surface area contributed by atoms with Crippen LogP contribution >= 0.6 is 0 Å². The molecule has 2 rings (SSSR count). The molecule has 0 bridgehead atoms. The summed E-state index contributed by atoms with van der Waals surface area (Å²) in [5, 5.41) is 0. The third-order valence-corrected chi connectivity index (χ3v) is 2.98. The lowest BCUT2D eigenvalue weighted by Gasteiger charge is -2.14. The fourth-order valence-corrected chi connectivity index (χ4v) is 1.97. The van der Waals surface area contributed by atoms with Gasteiger partial charge >= 0.3 is 0 Å². The van der Waals surface area contributed by atoms with E-state index in [1.807, 2.05) is 30.3 Å². The second-order valence-corrected chi connectivity index (χ2v) is 4.26. The zero-order valence-corrected chi connectivity index (χ0v) is 9.84. The summed E-state index contributed by atoms with van der Waals surface area (Å²) in [4.78, 5) is 0. The van der Waals surface area contributed by atoms with Gasteiger partial charge in [0.25, 0.3) is 0 Å². The predicted molar refractivity (Wildman–Crippen MR) is 72.5 cm³/mol. The smallest absolute Gasteiger partial charge is 0.0362 e. The van der Waals surface area contributed by atoms with Gasteiger partial charge in [-0.15, -0.1) is 0 Å². The summed E-state index contributed by atoms with van der Waals surface area (Å²) in [6.45, 7) is 0. The van der Waals surface area contributed by atoms with Crippen molar-refractivity contribution in [1.82, 2.24) is 0 Å². The summed E-state index contributed by atoms with van der Waals surface area (Å²) in [5.74, 6) is 0. The second kappa shape index (κ2) is 5.51. The molecule has 0 unspecified atom stereocenters. The molecule has 0 radical (unpaired) electrons. The first-order valence-corrected chi connectivity index (χ1v) is 5.91. The van der Waals surface area contributed by atoms with Crippen LogP contribution in [0.15, 0.2) is 54.6 Å². The van der Waals surface area contributed by atoms with Crippen molar-refractivity contribution in [3.63, 3.8) is 0 Å². The molecule has 0 aliphatic carbocycles. The molecule has 0 fully saturated rings. The Hall–Kier alpha value is -1.80. The Morgan fingerprint density at radius 2 is 1.53 bits per heavy atom. The van der Waals surface area contributed by atoms with Crippen molar-refractivity contribution in [2.24, 2.45) is 5.73 Å². The quantitative estimate of drug-likeness (QED) is 0.788. The lowest BCUT2D eigenvalue weighted by Crippen LogP contribution is -2.13. The average Bonchev–Trinajstić information content (AvgIpc) is 2.38. The maximum absolute atomic E-state index is 6.16. The average molecular weight is 226 g/mol. The van der Waals surface area contributed by atoms with Crippen LogP contribution in [0.1, 0.15) is 23.6 Å². The standard InChI is InChI=1S/C15H18N2/c16-14-9-5-4-8-13(14)15(17)11-10-12-6-2-1-3-7-12/h1-9,15H,10-11,16-17H2/t15-/m1/s1. The molecule has 17 heavy (non-hydrogen) atoms. The van der Waals surface area contributed by atoms with Crippen molar-refractivity contribution in [3.05, 3.63) is 65.7 Å². The molecule has 0 aliphatic rings.